The molecule has 1 saturated heterocycles. The molecule has 5 heteroatoms. The molecule has 1 unspecified atom stereocenters. The Labute approximate surface area is 126 Å². The van der Waals surface area contributed by atoms with Gasteiger partial charge in [0.25, 0.3) is 0 Å². The van der Waals surface area contributed by atoms with E-state index in [2.05, 4.69) is 36.6 Å². The molecular weight excluding hydrogens is 276 g/mol. The zero-order chi connectivity index (χ0) is 13.7. The lowest BCUT2D eigenvalue weighted by Gasteiger charge is -2.23. The Bertz CT molecular complexity index is 414. The first-order valence-electron chi connectivity index (χ1n) is 6.87. The van der Waals surface area contributed by atoms with Gasteiger partial charge in [-0.05, 0) is 23.6 Å². The van der Waals surface area contributed by atoms with E-state index in [0.29, 0.717) is 18.9 Å². The van der Waals surface area contributed by atoms with Crippen LogP contribution < -0.4 is 10.6 Å². The summed E-state index contributed by atoms with van der Waals surface area (Å²) >= 11 is 0. The van der Waals surface area contributed by atoms with Gasteiger partial charge in [0.2, 0.25) is 5.91 Å². The third-order valence-corrected chi connectivity index (χ3v) is 3.28. The number of nitrogens with one attached hydrogen (secondary N) is 2. The summed E-state index contributed by atoms with van der Waals surface area (Å²) in [4.78, 5) is 11.9. The highest BCUT2D eigenvalue weighted by Gasteiger charge is 2.17. The average molecular weight is 299 g/mol. The van der Waals surface area contributed by atoms with Crippen LogP contribution in [-0.4, -0.2) is 31.7 Å². The van der Waals surface area contributed by atoms with E-state index < -0.39 is 0 Å². The smallest absolute Gasteiger partial charge is 0.227 e. The molecule has 112 valence electrons. The first kappa shape index (κ1) is 17.0. The number of amides is 1. The molecular formula is C15H23ClN2O2. The lowest BCUT2D eigenvalue weighted by molar-refractivity contribution is -0.119. The molecule has 0 aliphatic carbocycles. The van der Waals surface area contributed by atoms with E-state index in [9.17, 15) is 4.79 Å². The molecule has 0 saturated carbocycles. The lowest BCUT2D eigenvalue weighted by atomic mass is 10.0. The molecule has 2 rings (SSSR count). The largest absolute Gasteiger partial charge is 0.375 e. The van der Waals surface area contributed by atoms with Crippen molar-refractivity contribution >= 4 is 24.0 Å². The van der Waals surface area contributed by atoms with Crippen molar-refractivity contribution in [2.24, 2.45) is 0 Å². The molecule has 1 aliphatic rings. The molecule has 1 aromatic rings. The number of morpholine rings is 1. The van der Waals surface area contributed by atoms with Crippen LogP contribution in [0.5, 0.6) is 0 Å². The number of carbonyl (C=O) groups excluding carboxylic acids is 1. The quantitative estimate of drug-likeness (QED) is 0.898. The first-order chi connectivity index (χ1) is 9.15. The molecule has 1 atom stereocenters. The van der Waals surface area contributed by atoms with Crippen LogP contribution in [0.1, 0.15) is 31.7 Å². The number of halogens is 1. The van der Waals surface area contributed by atoms with Crippen LogP contribution in [0.15, 0.2) is 24.3 Å². The molecule has 1 aromatic carbocycles. The molecule has 1 amide bonds. The molecule has 2 N–H and O–H groups in total. The number of hydrogen-bond donors (Lipinski definition) is 2. The van der Waals surface area contributed by atoms with E-state index in [1.165, 1.54) is 5.56 Å². The monoisotopic (exact) mass is 298 g/mol. The van der Waals surface area contributed by atoms with Gasteiger partial charge in [-0.25, -0.2) is 0 Å². The maximum absolute atomic E-state index is 11.9. The van der Waals surface area contributed by atoms with Crippen molar-refractivity contribution in [3.63, 3.8) is 0 Å². The summed E-state index contributed by atoms with van der Waals surface area (Å²) in [6, 6.07) is 8.01. The van der Waals surface area contributed by atoms with Gasteiger partial charge in [-0.1, -0.05) is 26.0 Å². The van der Waals surface area contributed by atoms with Crippen molar-refractivity contribution in [1.29, 1.82) is 0 Å². The molecule has 20 heavy (non-hydrogen) atoms. The summed E-state index contributed by atoms with van der Waals surface area (Å²) in [6.07, 6.45) is 0.391. The topological polar surface area (TPSA) is 50.4 Å². The van der Waals surface area contributed by atoms with Crippen molar-refractivity contribution < 1.29 is 9.53 Å². The molecule has 1 heterocycles. The molecule has 0 bridgehead atoms. The summed E-state index contributed by atoms with van der Waals surface area (Å²) in [6.45, 7) is 6.61. The predicted molar refractivity (Wildman–Crippen MR) is 83.6 cm³/mol. The average Bonchev–Trinajstić information content (AvgIpc) is 2.40. The van der Waals surface area contributed by atoms with Gasteiger partial charge in [0.1, 0.15) is 0 Å². The third-order valence-electron chi connectivity index (χ3n) is 3.28. The van der Waals surface area contributed by atoms with Gasteiger partial charge in [-0.15, -0.1) is 12.4 Å². The second-order valence-corrected chi connectivity index (χ2v) is 5.23. The lowest BCUT2D eigenvalue weighted by Crippen LogP contribution is -2.40. The van der Waals surface area contributed by atoms with Gasteiger partial charge >= 0.3 is 0 Å². The SMILES string of the molecule is CC(C)c1ccc(NC(=O)CC2CNCCO2)cc1.Cl. The van der Waals surface area contributed by atoms with Gasteiger partial charge < -0.3 is 15.4 Å². The fourth-order valence-electron chi connectivity index (χ4n) is 2.12. The highest BCUT2D eigenvalue weighted by molar-refractivity contribution is 5.91. The van der Waals surface area contributed by atoms with E-state index in [1.54, 1.807) is 0 Å². The molecule has 0 spiro atoms. The first-order valence-corrected chi connectivity index (χ1v) is 6.87. The van der Waals surface area contributed by atoms with E-state index in [-0.39, 0.29) is 24.4 Å². The number of ether oxygens (including phenoxy) is 1. The Kier molecular flexibility index (Phi) is 6.99. The Hall–Kier alpha value is -1.10. The fraction of sp³-hybridized carbons (Fsp3) is 0.533. The van der Waals surface area contributed by atoms with Crippen molar-refractivity contribution in [1.82, 2.24) is 5.32 Å². The van der Waals surface area contributed by atoms with Crippen LogP contribution in [0.25, 0.3) is 0 Å². The summed E-state index contributed by atoms with van der Waals surface area (Å²) in [5.74, 6) is 0.512. The fourth-order valence-corrected chi connectivity index (χ4v) is 2.12. The Morgan fingerprint density at radius 1 is 1.40 bits per heavy atom. The van der Waals surface area contributed by atoms with E-state index in [4.69, 9.17) is 4.74 Å². The van der Waals surface area contributed by atoms with Crippen molar-refractivity contribution in [3.05, 3.63) is 29.8 Å². The van der Waals surface area contributed by atoms with Gasteiger partial charge in [0, 0.05) is 18.8 Å². The number of anilines is 1. The van der Waals surface area contributed by atoms with Crippen molar-refractivity contribution in [2.75, 3.05) is 25.0 Å². The van der Waals surface area contributed by atoms with Crippen molar-refractivity contribution in [3.8, 4) is 0 Å². The summed E-state index contributed by atoms with van der Waals surface area (Å²) in [5, 5.41) is 6.13. The number of rotatable bonds is 4. The van der Waals surface area contributed by atoms with E-state index in [0.717, 1.165) is 18.8 Å². The van der Waals surface area contributed by atoms with E-state index >= 15 is 0 Å². The molecule has 1 aliphatic heterocycles. The molecule has 4 nitrogen and oxygen atoms in total. The minimum Gasteiger partial charge on any atom is -0.375 e. The third kappa shape index (κ3) is 5.12. The predicted octanol–water partition coefficient (Wildman–Crippen LogP) is 2.55. The standard InChI is InChI=1S/C15H22N2O2.ClH/c1-11(2)12-3-5-13(6-4-12)17-15(18)9-14-10-16-7-8-19-14;/h3-6,11,14,16H,7-10H2,1-2H3,(H,17,18);1H. The highest BCUT2D eigenvalue weighted by Crippen LogP contribution is 2.17. The second-order valence-electron chi connectivity index (χ2n) is 5.23. The zero-order valence-corrected chi connectivity index (χ0v) is 12.8. The van der Waals surface area contributed by atoms with Crippen molar-refractivity contribution in [2.45, 2.75) is 32.3 Å². The van der Waals surface area contributed by atoms with Crippen LogP contribution >= 0.6 is 12.4 Å². The van der Waals surface area contributed by atoms with Gasteiger partial charge in [-0.3, -0.25) is 4.79 Å². The summed E-state index contributed by atoms with van der Waals surface area (Å²) in [5.41, 5.74) is 2.12. The molecule has 1 fully saturated rings. The number of benzene rings is 1. The minimum absolute atomic E-state index is 0. The van der Waals surface area contributed by atoms with E-state index in [1.807, 2.05) is 12.1 Å². The zero-order valence-electron chi connectivity index (χ0n) is 12.0. The number of carbonyl (C=O) groups is 1. The molecule has 0 aromatic heterocycles. The van der Waals surface area contributed by atoms with Gasteiger partial charge in [0.15, 0.2) is 0 Å². The maximum Gasteiger partial charge on any atom is 0.227 e. The Morgan fingerprint density at radius 3 is 2.65 bits per heavy atom. The summed E-state index contributed by atoms with van der Waals surface area (Å²) < 4.78 is 5.51. The number of hydrogen-bond acceptors (Lipinski definition) is 3. The van der Waals surface area contributed by atoms with Crippen LogP contribution in [0.3, 0.4) is 0 Å². The Balaban J connectivity index is 0.00000200. The maximum atomic E-state index is 11.9. The molecule has 0 radical (unpaired) electrons. The van der Waals surface area contributed by atoms with Gasteiger partial charge in [0.05, 0.1) is 19.1 Å². The minimum atomic E-state index is -0.0105. The Morgan fingerprint density at radius 2 is 2.10 bits per heavy atom. The van der Waals surface area contributed by atoms with Crippen LogP contribution in [0.4, 0.5) is 5.69 Å². The highest BCUT2D eigenvalue weighted by atomic mass is 35.5. The van der Waals surface area contributed by atoms with Gasteiger partial charge in [-0.2, -0.15) is 0 Å². The van der Waals surface area contributed by atoms with Crippen LogP contribution in [-0.2, 0) is 9.53 Å². The normalized spacial score (nSPS) is 18.4. The van der Waals surface area contributed by atoms with Crippen LogP contribution in [0, 0.1) is 0 Å². The summed E-state index contributed by atoms with van der Waals surface area (Å²) in [7, 11) is 0. The second kappa shape index (κ2) is 8.25. The van der Waals surface area contributed by atoms with Crippen LogP contribution in [0.2, 0.25) is 0 Å².